The molecule has 0 aromatic heterocycles. The maximum absolute atomic E-state index is 12.3. The third-order valence-corrected chi connectivity index (χ3v) is 3.98. The SMILES string of the molecule is COc1ccc(C(=O)CCCCC(=O)OCc2ccccc2)cc1OC. The van der Waals surface area contributed by atoms with Crippen LogP contribution >= 0.6 is 0 Å². The van der Waals surface area contributed by atoms with Crippen molar-refractivity contribution < 1.29 is 23.8 Å². The standard InChI is InChI=1S/C21H24O5/c1-24-19-13-12-17(14-20(19)25-2)18(22)10-6-7-11-21(23)26-15-16-8-4-3-5-9-16/h3-5,8-9,12-14H,6-7,10-11,15H2,1-2H3. The number of hydrogen-bond acceptors (Lipinski definition) is 5. The zero-order valence-electron chi connectivity index (χ0n) is 15.2. The lowest BCUT2D eigenvalue weighted by Gasteiger charge is -2.09. The summed E-state index contributed by atoms with van der Waals surface area (Å²) in [5, 5.41) is 0. The lowest BCUT2D eigenvalue weighted by molar-refractivity contribution is -0.145. The van der Waals surface area contributed by atoms with E-state index in [1.54, 1.807) is 25.3 Å². The lowest BCUT2D eigenvalue weighted by Crippen LogP contribution is -2.05. The molecule has 0 amide bonds. The number of methoxy groups -OCH3 is 2. The van der Waals surface area contributed by atoms with E-state index in [2.05, 4.69) is 0 Å². The molecule has 5 heteroatoms. The molecule has 138 valence electrons. The zero-order valence-corrected chi connectivity index (χ0v) is 15.2. The van der Waals surface area contributed by atoms with Gasteiger partial charge in [-0.15, -0.1) is 0 Å². The van der Waals surface area contributed by atoms with Gasteiger partial charge in [0.15, 0.2) is 17.3 Å². The molecule has 2 aromatic carbocycles. The molecule has 0 bridgehead atoms. The van der Waals surface area contributed by atoms with Crippen molar-refractivity contribution in [3.8, 4) is 11.5 Å². The molecule has 0 unspecified atom stereocenters. The molecular formula is C21H24O5. The molecule has 26 heavy (non-hydrogen) atoms. The van der Waals surface area contributed by atoms with E-state index in [4.69, 9.17) is 14.2 Å². The van der Waals surface area contributed by atoms with Crippen LogP contribution in [0, 0.1) is 0 Å². The Balaban J connectivity index is 1.70. The molecule has 0 saturated heterocycles. The Kier molecular flexibility index (Phi) is 7.68. The first-order chi connectivity index (χ1) is 12.6. The van der Waals surface area contributed by atoms with Crippen molar-refractivity contribution in [2.45, 2.75) is 32.3 Å². The number of unbranched alkanes of at least 4 members (excludes halogenated alkanes) is 1. The Morgan fingerprint density at radius 1 is 0.846 bits per heavy atom. The van der Waals surface area contributed by atoms with Crippen molar-refractivity contribution in [3.63, 3.8) is 0 Å². The minimum atomic E-state index is -0.243. The molecule has 0 aliphatic rings. The Bertz CT molecular complexity index is 724. The van der Waals surface area contributed by atoms with Crippen LogP contribution in [0.1, 0.15) is 41.6 Å². The number of carbonyl (C=O) groups excluding carboxylic acids is 2. The Hall–Kier alpha value is -2.82. The number of ketones is 1. The fourth-order valence-electron chi connectivity index (χ4n) is 2.52. The van der Waals surface area contributed by atoms with Gasteiger partial charge in [-0.3, -0.25) is 9.59 Å². The monoisotopic (exact) mass is 356 g/mol. The second-order valence-electron chi connectivity index (χ2n) is 5.85. The molecule has 0 aliphatic heterocycles. The lowest BCUT2D eigenvalue weighted by atomic mass is 10.0. The predicted octanol–water partition coefficient (Wildman–Crippen LogP) is 4.19. The van der Waals surface area contributed by atoms with Crippen molar-refractivity contribution in [2.24, 2.45) is 0 Å². The van der Waals surface area contributed by atoms with E-state index in [0.717, 1.165) is 5.56 Å². The van der Waals surface area contributed by atoms with E-state index in [-0.39, 0.29) is 18.4 Å². The molecule has 0 heterocycles. The highest BCUT2D eigenvalue weighted by Crippen LogP contribution is 2.28. The minimum absolute atomic E-state index is 0.0172. The molecule has 2 aromatic rings. The van der Waals surface area contributed by atoms with Crippen LogP contribution in [0.3, 0.4) is 0 Å². The van der Waals surface area contributed by atoms with Gasteiger partial charge >= 0.3 is 5.97 Å². The van der Waals surface area contributed by atoms with Gasteiger partial charge in [0.05, 0.1) is 14.2 Å². The van der Waals surface area contributed by atoms with Gasteiger partial charge in [0.2, 0.25) is 0 Å². The largest absolute Gasteiger partial charge is 0.493 e. The minimum Gasteiger partial charge on any atom is -0.493 e. The quantitative estimate of drug-likeness (QED) is 0.363. The number of hydrogen-bond donors (Lipinski definition) is 0. The van der Waals surface area contributed by atoms with Crippen molar-refractivity contribution >= 4 is 11.8 Å². The number of esters is 1. The smallest absolute Gasteiger partial charge is 0.306 e. The van der Waals surface area contributed by atoms with Crippen molar-refractivity contribution in [3.05, 3.63) is 59.7 Å². The molecule has 0 radical (unpaired) electrons. The van der Waals surface area contributed by atoms with E-state index in [1.165, 1.54) is 7.11 Å². The summed E-state index contributed by atoms with van der Waals surface area (Å²) in [6.07, 6.45) is 1.94. The summed E-state index contributed by atoms with van der Waals surface area (Å²) >= 11 is 0. The van der Waals surface area contributed by atoms with Crippen LogP contribution in [-0.4, -0.2) is 26.0 Å². The van der Waals surface area contributed by atoms with Gasteiger partial charge in [-0.05, 0) is 36.6 Å². The highest BCUT2D eigenvalue weighted by molar-refractivity contribution is 5.96. The summed E-state index contributed by atoms with van der Waals surface area (Å²) in [4.78, 5) is 24.0. The van der Waals surface area contributed by atoms with Crippen molar-refractivity contribution in [1.82, 2.24) is 0 Å². The van der Waals surface area contributed by atoms with Gasteiger partial charge in [0.25, 0.3) is 0 Å². The zero-order chi connectivity index (χ0) is 18.8. The van der Waals surface area contributed by atoms with Gasteiger partial charge in [-0.2, -0.15) is 0 Å². The predicted molar refractivity (Wildman–Crippen MR) is 98.6 cm³/mol. The summed E-state index contributed by atoms with van der Waals surface area (Å²) in [5.41, 5.74) is 1.54. The van der Waals surface area contributed by atoms with Gasteiger partial charge in [-0.1, -0.05) is 30.3 Å². The summed E-state index contributed by atoms with van der Waals surface area (Å²) in [6.45, 7) is 0.282. The summed E-state index contributed by atoms with van der Waals surface area (Å²) in [6, 6.07) is 14.7. The van der Waals surface area contributed by atoms with E-state index in [1.807, 2.05) is 30.3 Å². The molecule has 0 saturated carbocycles. The maximum atomic E-state index is 12.3. The van der Waals surface area contributed by atoms with Crippen LogP contribution in [0.15, 0.2) is 48.5 Å². The van der Waals surface area contributed by atoms with E-state index in [9.17, 15) is 9.59 Å². The number of rotatable bonds is 10. The van der Waals surface area contributed by atoms with Crippen LogP contribution in [-0.2, 0) is 16.1 Å². The van der Waals surface area contributed by atoms with Gasteiger partial charge in [0.1, 0.15) is 6.61 Å². The molecule has 0 fully saturated rings. The molecular weight excluding hydrogens is 332 g/mol. The summed E-state index contributed by atoms with van der Waals surface area (Å²) < 4.78 is 15.6. The molecule has 0 N–H and O–H groups in total. The first-order valence-electron chi connectivity index (χ1n) is 8.59. The van der Waals surface area contributed by atoms with E-state index < -0.39 is 0 Å². The van der Waals surface area contributed by atoms with Crippen molar-refractivity contribution in [1.29, 1.82) is 0 Å². The van der Waals surface area contributed by atoms with Crippen molar-refractivity contribution in [2.75, 3.05) is 14.2 Å². The molecule has 0 atom stereocenters. The third-order valence-electron chi connectivity index (χ3n) is 3.98. The Morgan fingerprint density at radius 3 is 2.23 bits per heavy atom. The number of ether oxygens (including phenoxy) is 3. The first kappa shape index (κ1) is 19.5. The molecule has 5 nitrogen and oxygen atoms in total. The maximum Gasteiger partial charge on any atom is 0.306 e. The Morgan fingerprint density at radius 2 is 1.54 bits per heavy atom. The second kappa shape index (κ2) is 10.2. The third kappa shape index (κ3) is 5.92. The second-order valence-corrected chi connectivity index (χ2v) is 5.85. The van der Waals surface area contributed by atoms with Gasteiger partial charge < -0.3 is 14.2 Å². The van der Waals surface area contributed by atoms with Crippen LogP contribution in [0.4, 0.5) is 0 Å². The number of Topliss-reactive ketones (excluding diaryl/α,β-unsaturated/α-hetero) is 1. The Labute approximate surface area is 153 Å². The fourth-order valence-corrected chi connectivity index (χ4v) is 2.52. The average molecular weight is 356 g/mol. The fraction of sp³-hybridized carbons (Fsp3) is 0.333. The van der Waals surface area contributed by atoms with Crippen LogP contribution in [0.5, 0.6) is 11.5 Å². The summed E-state index contributed by atoms with van der Waals surface area (Å²) in [5.74, 6) is 0.893. The molecule has 2 rings (SSSR count). The normalized spacial score (nSPS) is 10.2. The van der Waals surface area contributed by atoms with Gasteiger partial charge in [0, 0.05) is 18.4 Å². The van der Waals surface area contributed by atoms with E-state index >= 15 is 0 Å². The van der Waals surface area contributed by atoms with Crippen LogP contribution in [0.2, 0.25) is 0 Å². The van der Waals surface area contributed by atoms with Crippen LogP contribution < -0.4 is 9.47 Å². The number of benzene rings is 2. The van der Waals surface area contributed by atoms with Crippen LogP contribution in [0.25, 0.3) is 0 Å². The number of carbonyl (C=O) groups is 2. The summed E-state index contributed by atoms with van der Waals surface area (Å²) in [7, 11) is 3.09. The molecule has 0 spiro atoms. The highest BCUT2D eigenvalue weighted by Gasteiger charge is 2.11. The first-order valence-corrected chi connectivity index (χ1v) is 8.59. The molecule has 0 aliphatic carbocycles. The van der Waals surface area contributed by atoms with Gasteiger partial charge in [-0.25, -0.2) is 0 Å². The van der Waals surface area contributed by atoms with E-state index in [0.29, 0.717) is 42.7 Å². The topological polar surface area (TPSA) is 61.8 Å². The average Bonchev–Trinajstić information content (AvgIpc) is 2.69. The highest BCUT2D eigenvalue weighted by atomic mass is 16.5.